The predicted octanol–water partition coefficient (Wildman–Crippen LogP) is 4.22. The number of amides is 2. The van der Waals surface area contributed by atoms with Crippen LogP contribution in [0.5, 0.6) is 5.75 Å². The van der Waals surface area contributed by atoms with E-state index < -0.39 is 28.5 Å². The summed E-state index contributed by atoms with van der Waals surface area (Å²) in [7, 11) is -2.70. The van der Waals surface area contributed by atoms with Gasteiger partial charge in [0.05, 0.1) is 17.7 Å². The van der Waals surface area contributed by atoms with Crippen LogP contribution in [0.3, 0.4) is 0 Å². The van der Waals surface area contributed by atoms with Crippen LogP contribution in [-0.2, 0) is 26.2 Å². The number of rotatable bonds is 13. The van der Waals surface area contributed by atoms with Crippen molar-refractivity contribution in [2.75, 3.05) is 24.5 Å². The summed E-state index contributed by atoms with van der Waals surface area (Å²) in [5, 5.41) is 2.88. The van der Waals surface area contributed by atoms with Crippen molar-refractivity contribution < 1.29 is 22.7 Å². The van der Waals surface area contributed by atoms with Gasteiger partial charge in [-0.3, -0.25) is 13.9 Å². The molecule has 202 valence electrons. The van der Waals surface area contributed by atoms with Gasteiger partial charge < -0.3 is 15.0 Å². The first kappa shape index (κ1) is 28.7. The number of nitrogens with zero attached hydrogens (tertiary/aromatic N) is 2. The minimum Gasteiger partial charge on any atom is -0.495 e. The van der Waals surface area contributed by atoms with Gasteiger partial charge in [-0.05, 0) is 43.2 Å². The highest BCUT2D eigenvalue weighted by atomic mass is 32.2. The molecule has 3 aromatic carbocycles. The fourth-order valence-electron chi connectivity index (χ4n) is 3.97. The molecule has 0 aliphatic heterocycles. The van der Waals surface area contributed by atoms with Gasteiger partial charge >= 0.3 is 0 Å². The first-order chi connectivity index (χ1) is 18.3. The first-order valence-corrected chi connectivity index (χ1v) is 14.1. The van der Waals surface area contributed by atoms with Gasteiger partial charge in [-0.1, -0.05) is 74.0 Å². The Hall–Kier alpha value is -3.85. The van der Waals surface area contributed by atoms with Gasteiger partial charge in [0, 0.05) is 13.1 Å². The van der Waals surface area contributed by atoms with E-state index in [4.69, 9.17) is 4.74 Å². The average Bonchev–Trinajstić information content (AvgIpc) is 2.95. The summed E-state index contributed by atoms with van der Waals surface area (Å²) in [5.41, 5.74) is 1.05. The largest absolute Gasteiger partial charge is 0.495 e. The van der Waals surface area contributed by atoms with Crippen LogP contribution in [0.1, 0.15) is 32.3 Å². The Bertz CT molecular complexity index is 1300. The van der Waals surface area contributed by atoms with E-state index in [1.54, 1.807) is 49.4 Å². The molecule has 38 heavy (non-hydrogen) atoms. The molecular weight excluding hydrogens is 502 g/mol. The quantitative estimate of drug-likeness (QED) is 0.329. The third-order valence-electron chi connectivity index (χ3n) is 6.16. The number of ether oxygens (including phenoxy) is 1. The molecule has 0 aromatic heterocycles. The molecule has 3 rings (SSSR count). The number of hydrogen-bond acceptors (Lipinski definition) is 5. The van der Waals surface area contributed by atoms with E-state index in [1.165, 1.54) is 24.1 Å². The molecule has 0 aliphatic rings. The maximum Gasteiger partial charge on any atom is 0.264 e. The molecule has 2 amide bonds. The summed E-state index contributed by atoms with van der Waals surface area (Å²) in [6.45, 7) is 3.81. The van der Waals surface area contributed by atoms with Gasteiger partial charge in [-0.25, -0.2) is 8.42 Å². The van der Waals surface area contributed by atoms with Crippen LogP contribution in [-0.4, -0.2) is 51.4 Å². The zero-order valence-corrected chi connectivity index (χ0v) is 22.9. The molecule has 0 aliphatic carbocycles. The standard InChI is InChI=1S/C29H35N3O5S/c1-4-5-20-30-29(34)23(2)31(21-24-14-8-6-9-15-24)28(33)22-32(26-18-12-13-19-27(26)37-3)38(35,36)25-16-10-7-11-17-25/h6-19,23H,4-5,20-22H2,1-3H3,(H,30,34). The third-order valence-corrected chi connectivity index (χ3v) is 7.93. The minimum absolute atomic E-state index is 0.0404. The highest BCUT2D eigenvalue weighted by Gasteiger charge is 2.33. The van der Waals surface area contributed by atoms with E-state index >= 15 is 0 Å². The number of nitrogens with one attached hydrogen (secondary N) is 1. The molecule has 0 saturated heterocycles. The number of unbranched alkanes of at least 4 members (excludes halogenated alkanes) is 1. The monoisotopic (exact) mass is 537 g/mol. The summed E-state index contributed by atoms with van der Waals surface area (Å²) in [4.78, 5) is 28.3. The fraction of sp³-hybridized carbons (Fsp3) is 0.310. The Labute approximate surface area is 225 Å². The van der Waals surface area contributed by atoms with E-state index in [0.717, 1.165) is 22.7 Å². The van der Waals surface area contributed by atoms with Crippen molar-refractivity contribution >= 4 is 27.5 Å². The van der Waals surface area contributed by atoms with Crippen molar-refractivity contribution in [3.63, 3.8) is 0 Å². The highest BCUT2D eigenvalue weighted by molar-refractivity contribution is 7.92. The Kier molecular flexibility index (Phi) is 10.3. The molecule has 3 aromatic rings. The van der Waals surface area contributed by atoms with Crippen LogP contribution >= 0.6 is 0 Å². The number of carbonyl (C=O) groups is 2. The number of hydrogen-bond donors (Lipinski definition) is 1. The molecule has 0 fully saturated rings. The molecular formula is C29H35N3O5S. The van der Waals surface area contributed by atoms with Crippen LogP contribution < -0.4 is 14.4 Å². The van der Waals surface area contributed by atoms with Crippen LogP contribution in [0.15, 0.2) is 89.8 Å². The smallest absolute Gasteiger partial charge is 0.264 e. The lowest BCUT2D eigenvalue weighted by molar-refractivity contribution is -0.139. The number of carbonyl (C=O) groups excluding carboxylic acids is 2. The molecule has 1 N–H and O–H groups in total. The van der Waals surface area contributed by atoms with E-state index in [-0.39, 0.29) is 23.0 Å². The maximum absolute atomic E-state index is 13.9. The predicted molar refractivity (Wildman–Crippen MR) is 148 cm³/mol. The van der Waals surface area contributed by atoms with Crippen molar-refractivity contribution in [1.82, 2.24) is 10.2 Å². The molecule has 9 heteroatoms. The number of methoxy groups -OCH3 is 1. The third kappa shape index (κ3) is 7.13. The molecule has 0 saturated carbocycles. The molecule has 0 heterocycles. The lowest BCUT2D eigenvalue weighted by Gasteiger charge is -2.32. The van der Waals surface area contributed by atoms with Crippen molar-refractivity contribution in [1.29, 1.82) is 0 Å². The van der Waals surface area contributed by atoms with Crippen LogP contribution in [0, 0.1) is 0 Å². The molecule has 1 atom stereocenters. The second-order valence-electron chi connectivity index (χ2n) is 8.82. The van der Waals surface area contributed by atoms with Crippen molar-refractivity contribution in [3.8, 4) is 5.75 Å². The van der Waals surface area contributed by atoms with Gasteiger partial charge in [-0.2, -0.15) is 0 Å². The van der Waals surface area contributed by atoms with Crippen molar-refractivity contribution in [3.05, 3.63) is 90.5 Å². The second-order valence-corrected chi connectivity index (χ2v) is 10.7. The van der Waals surface area contributed by atoms with E-state index in [9.17, 15) is 18.0 Å². The lowest BCUT2D eigenvalue weighted by atomic mass is 10.1. The lowest BCUT2D eigenvalue weighted by Crippen LogP contribution is -2.51. The average molecular weight is 538 g/mol. The number of sulfonamides is 1. The van der Waals surface area contributed by atoms with Gasteiger partial charge in [0.2, 0.25) is 11.8 Å². The Balaban J connectivity index is 2.01. The van der Waals surface area contributed by atoms with Crippen LogP contribution in [0.2, 0.25) is 0 Å². The molecule has 1 unspecified atom stereocenters. The van der Waals surface area contributed by atoms with Crippen molar-refractivity contribution in [2.45, 2.75) is 44.2 Å². The minimum atomic E-state index is -4.15. The SMILES string of the molecule is CCCCNC(=O)C(C)N(Cc1ccccc1)C(=O)CN(c1ccccc1OC)S(=O)(=O)c1ccccc1. The van der Waals surface area contributed by atoms with Crippen LogP contribution in [0.4, 0.5) is 5.69 Å². The molecule has 0 radical (unpaired) electrons. The summed E-state index contributed by atoms with van der Waals surface area (Å²) >= 11 is 0. The summed E-state index contributed by atoms with van der Waals surface area (Å²) in [6.07, 6.45) is 1.74. The zero-order chi connectivity index (χ0) is 27.5. The van der Waals surface area contributed by atoms with E-state index in [0.29, 0.717) is 12.3 Å². The van der Waals surface area contributed by atoms with E-state index in [1.807, 2.05) is 37.3 Å². The van der Waals surface area contributed by atoms with Crippen molar-refractivity contribution in [2.24, 2.45) is 0 Å². The topological polar surface area (TPSA) is 96.0 Å². The second kappa shape index (κ2) is 13.6. The molecule has 0 spiro atoms. The summed E-state index contributed by atoms with van der Waals surface area (Å²) in [5.74, 6) is -0.505. The zero-order valence-electron chi connectivity index (χ0n) is 22.0. The molecule has 8 nitrogen and oxygen atoms in total. The van der Waals surface area contributed by atoms with E-state index in [2.05, 4.69) is 5.32 Å². The Morgan fingerprint density at radius 1 is 0.921 bits per heavy atom. The molecule has 0 bridgehead atoms. The number of anilines is 1. The normalized spacial score (nSPS) is 11.9. The number of benzene rings is 3. The Morgan fingerprint density at radius 2 is 1.53 bits per heavy atom. The highest BCUT2D eigenvalue weighted by Crippen LogP contribution is 2.32. The van der Waals surface area contributed by atoms with Gasteiger partial charge in [0.25, 0.3) is 10.0 Å². The van der Waals surface area contributed by atoms with Gasteiger partial charge in [0.1, 0.15) is 18.3 Å². The Morgan fingerprint density at radius 3 is 2.16 bits per heavy atom. The summed E-state index contributed by atoms with van der Waals surface area (Å²) < 4.78 is 34.1. The maximum atomic E-state index is 13.9. The van der Waals surface area contributed by atoms with Gasteiger partial charge in [0.15, 0.2) is 0 Å². The van der Waals surface area contributed by atoms with Crippen LogP contribution in [0.25, 0.3) is 0 Å². The van der Waals surface area contributed by atoms with Gasteiger partial charge in [-0.15, -0.1) is 0 Å². The summed E-state index contributed by atoms with van der Waals surface area (Å²) in [6, 6.07) is 23.0. The number of para-hydroxylation sites is 2. The fourth-order valence-corrected chi connectivity index (χ4v) is 5.41. The first-order valence-electron chi connectivity index (χ1n) is 12.6.